The highest BCUT2D eigenvalue weighted by atomic mass is 16.4. The van der Waals surface area contributed by atoms with Crippen LogP contribution in [0.4, 0.5) is 5.69 Å². The summed E-state index contributed by atoms with van der Waals surface area (Å²) < 4.78 is 0. The van der Waals surface area contributed by atoms with Crippen LogP contribution in [0.3, 0.4) is 0 Å². The summed E-state index contributed by atoms with van der Waals surface area (Å²) in [6.45, 7) is 1.27. The molecule has 0 saturated carbocycles. The Labute approximate surface area is 106 Å². The third-order valence-electron chi connectivity index (χ3n) is 3.20. The molecule has 0 aliphatic carbocycles. The van der Waals surface area contributed by atoms with Gasteiger partial charge in [-0.2, -0.15) is 0 Å². The van der Waals surface area contributed by atoms with Crippen LogP contribution in [0, 0.1) is 0 Å². The van der Waals surface area contributed by atoms with Crippen LogP contribution in [-0.2, 0) is 9.59 Å². The van der Waals surface area contributed by atoms with E-state index in [9.17, 15) is 9.59 Å². The molecule has 1 aromatic rings. The van der Waals surface area contributed by atoms with Crippen molar-refractivity contribution < 1.29 is 14.7 Å². The molecule has 1 atom stereocenters. The third-order valence-corrected chi connectivity index (χ3v) is 3.20. The number of nitrogens with zero attached hydrogens (tertiary/aromatic N) is 2. The Morgan fingerprint density at radius 1 is 1.33 bits per heavy atom. The Kier molecular flexibility index (Phi) is 3.62. The predicted octanol–water partition coefficient (Wildman–Crippen LogP) is 0.808. The van der Waals surface area contributed by atoms with Crippen molar-refractivity contribution in [1.82, 2.24) is 4.90 Å². The van der Waals surface area contributed by atoms with E-state index in [0.717, 1.165) is 5.69 Å². The average molecular weight is 248 g/mol. The Balaban J connectivity index is 2.20. The van der Waals surface area contributed by atoms with Gasteiger partial charge in [0.25, 0.3) is 0 Å². The fourth-order valence-electron chi connectivity index (χ4n) is 2.17. The summed E-state index contributed by atoms with van der Waals surface area (Å²) in [7, 11) is 1.79. The van der Waals surface area contributed by atoms with Crippen molar-refractivity contribution in [2.45, 2.75) is 12.5 Å². The molecule has 0 bridgehead atoms. The van der Waals surface area contributed by atoms with Crippen LogP contribution in [0.25, 0.3) is 0 Å². The molecular weight excluding hydrogens is 232 g/mol. The number of para-hydroxylation sites is 1. The molecule has 0 aromatic heterocycles. The first-order valence-electron chi connectivity index (χ1n) is 5.88. The number of hydrogen-bond donors (Lipinski definition) is 1. The van der Waals surface area contributed by atoms with Crippen LogP contribution in [0.5, 0.6) is 0 Å². The van der Waals surface area contributed by atoms with Gasteiger partial charge in [0, 0.05) is 18.8 Å². The molecule has 1 amide bonds. The Morgan fingerprint density at radius 3 is 2.61 bits per heavy atom. The highest BCUT2D eigenvalue weighted by Gasteiger charge is 2.34. The van der Waals surface area contributed by atoms with Crippen molar-refractivity contribution in [3.8, 4) is 0 Å². The van der Waals surface area contributed by atoms with Gasteiger partial charge in [0.1, 0.15) is 6.04 Å². The minimum absolute atomic E-state index is 0.141. The average Bonchev–Trinajstić information content (AvgIpc) is 2.35. The molecule has 1 N–H and O–H groups in total. The van der Waals surface area contributed by atoms with E-state index in [-0.39, 0.29) is 12.3 Å². The molecule has 1 heterocycles. The number of carboxylic acid groups (broad SMARTS) is 1. The summed E-state index contributed by atoms with van der Waals surface area (Å²) >= 11 is 0. The number of piperazine rings is 1. The van der Waals surface area contributed by atoms with Crippen molar-refractivity contribution in [1.29, 1.82) is 0 Å². The van der Waals surface area contributed by atoms with E-state index >= 15 is 0 Å². The summed E-state index contributed by atoms with van der Waals surface area (Å²) in [6.07, 6.45) is -0.154. The number of carbonyl (C=O) groups is 2. The van der Waals surface area contributed by atoms with E-state index in [1.54, 1.807) is 16.8 Å². The fourth-order valence-corrected chi connectivity index (χ4v) is 2.17. The van der Waals surface area contributed by atoms with Crippen molar-refractivity contribution in [3.63, 3.8) is 0 Å². The number of carboxylic acids is 1. The van der Waals surface area contributed by atoms with Gasteiger partial charge in [-0.1, -0.05) is 18.2 Å². The maximum Gasteiger partial charge on any atom is 0.305 e. The van der Waals surface area contributed by atoms with E-state index in [2.05, 4.69) is 0 Å². The largest absolute Gasteiger partial charge is 0.481 e. The maximum atomic E-state index is 12.3. The summed E-state index contributed by atoms with van der Waals surface area (Å²) in [5.74, 6) is -1.09. The van der Waals surface area contributed by atoms with E-state index < -0.39 is 12.0 Å². The lowest BCUT2D eigenvalue weighted by atomic mass is 10.1. The van der Waals surface area contributed by atoms with Crippen molar-refractivity contribution in [2.24, 2.45) is 0 Å². The minimum Gasteiger partial charge on any atom is -0.481 e. The summed E-state index contributed by atoms with van der Waals surface area (Å²) in [4.78, 5) is 26.6. The number of rotatable bonds is 3. The van der Waals surface area contributed by atoms with E-state index in [1.165, 1.54) is 0 Å². The van der Waals surface area contributed by atoms with Gasteiger partial charge < -0.3 is 10.0 Å². The molecule has 1 aliphatic rings. The van der Waals surface area contributed by atoms with Gasteiger partial charge in [0.15, 0.2) is 0 Å². The monoisotopic (exact) mass is 248 g/mol. The summed E-state index contributed by atoms with van der Waals surface area (Å²) in [6, 6.07) is 8.78. The molecule has 1 unspecified atom stereocenters. The second kappa shape index (κ2) is 5.18. The van der Waals surface area contributed by atoms with Gasteiger partial charge in [-0.25, -0.2) is 0 Å². The van der Waals surface area contributed by atoms with Crippen molar-refractivity contribution in [3.05, 3.63) is 30.3 Å². The Bertz CT molecular complexity index is 447. The molecule has 0 radical (unpaired) electrons. The van der Waals surface area contributed by atoms with Crippen LogP contribution < -0.4 is 4.90 Å². The number of amides is 1. The van der Waals surface area contributed by atoms with E-state index in [4.69, 9.17) is 5.11 Å². The van der Waals surface area contributed by atoms with Gasteiger partial charge in [0.05, 0.1) is 6.42 Å². The Hall–Kier alpha value is -1.88. The number of hydrogen-bond acceptors (Lipinski definition) is 3. The highest BCUT2D eigenvalue weighted by Crippen LogP contribution is 2.20. The first-order valence-corrected chi connectivity index (χ1v) is 5.88. The van der Waals surface area contributed by atoms with Crippen molar-refractivity contribution in [2.75, 3.05) is 25.0 Å². The SMILES string of the molecule is CN1CCN(c2ccccc2)C(=O)C1CC(=O)O. The van der Waals surface area contributed by atoms with E-state index in [0.29, 0.717) is 13.1 Å². The second-order valence-corrected chi connectivity index (χ2v) is 4.42. The molecule has 5 heteroatoms. The van der Waals surface area contributed by atoms with Crippen LogP contribution in [0.2, 0.25) is 0 Å². The van der Waals surface area contributed by atoms with E-state index in [1.807, 2.05) is 30.3 Å². The number of likely N-dealkylation sites (N-methyl/N-ethyl adjacent to an activating group) is 1. The predicted molar refractivity (Wildman–Crippen MR) is 67.5 cm³/mol. The molecule has 1 saturated heterocycles. The number of anilines is 1. The smallest absolute Gasteiger partial charge is 0.305 e. The van der Waals surface area contributed by atoms with Gasteiger partial charge in [-0.3, -0.25) is 14.5 Å². The zero-order valence-electron chi connectivity index (χ0n) is 10.2. The lowest BCUT2D eigenvalue weighted by Gasteiger charge is -2.38. The summed E-state index contributed by atoms with van der Waals surface area (Å²) in [5, 5.41) is 8.86. The maximum absolute atomic E-state index is 12.3. The van der Waals surface area contributed by atoms with Crippen molar-refractivity contribution >= 4 is 17.6 Å². The van der Waals surface area contributed by atoms with Gasteiger partial charge >= 0.3 is 5.97 Å². The quantitative estimate of drug-likeness (QED) is 0.860. The number of carbonyl (C=O) groups excluding carboxylic acids is 1. The Morgan fingerprint density at radius 2 is 2.00 bits per heavy atom. The number of benzene rings is 1. The summed E-state index contributed by atoms with van der Waals surface area (Å²) in [5.41, 5.74) is 0.825. The molecule has 1 aliphatic heterocycles. The second-order valence-electron chi connectivity index (χ2n) is 4.42. The minimum atomic E-state index is -0.949. The van der Waals surface area contributed by atoms with Gasteiger partial charge in [-0.15, -0.1) is 0 Å². The first kappa shape index (κ1) is 12.6. The third kappa shape index (κ3) is 2.51. The highest BCUT2D eigenvalue weighted by molar-refractivity contribution is 5.99. The molecule has 2 rings (SSSR count). The van der Waals surface area contributed by atoms with Crippen LogP contribution in [0.15, 0.2) is 30.3 Å². The van der Waals surface area contributed by atoms with Crippen LogP contribution in [0.1, 0.15) is 6.42 Å². The lowest BCUT2D eigenvalue weighted by molar-refractivity contribution is -0.141. The van der Waals surface area contributed by atoms with Gasteiger partial charge in [-0.05, 0) is 19.2 Å². The zero-order chi connectivity index (χ0) is 13.1. The first-order chi connectivity index (χ1) is 8.59. The molecule has 1 aromatic carbocycles. The topological polar surface area (TPSA) is 60.9 Å². The molecule has 96 valence electrons. The molecule has 18 heavy (non-hydrogen) atoms. The number of aliphatic carboxylic acids is 1. The molecule has 0 spiro atoms. The lowest BCUT2D eigenvalue weighted by Crippen LogP contribution is -2.56. The molecule has 1 fully saturated rings. The molecular formula is C13H16N2O3. The van der Waals surface area contributed by atoms with Gasteiger partial charge in [0.2, 0.25) is 5.91 Å². The molecule has 5 nitrogen and oxygen atoms in total. The standard InChI is InChI=1S/C13H16N2O3/c1-14-7-8-15(10-5-3-2-4-6-10)13(18)11(14)9-12(16)17/h2-6,11H,7-9H2,1H3,(H,16,17). The van der Waals surface area contributed by atoms with Crippen LogP contribution >= 0.6 is 0 Å². The zero-order valence-corrected chi connectivity index (χ0v) is 10.2. The normalized spacial score (nSPS) is 21.1. The fraction of sp³-hybridized carbons (Fsp3) is 0.385. The van der Waals surface area contributed by atoms with Crippen LogP contribution in [-0.4, -0.2) is 48.1 Å².